The first kappa shape index (κ1) is 16.2. The molecule has 1 aromatic rings. The van der Waals surface area contributed by atoms with Gasteiger partial charge in [0.2, 0.25) is 0 Å². The summed E-state index contributed by atoms with van der Waals surface area (Å²) in [7, 11) is 0. The minimum atomic E-state index is 0.560. The predicted molar refractivity (Wildman–Crippen MR) is 82.7 cm³/mol. The fourth-order valence-corrected chi connectivity index (χ4v) is 2.54. The molecule has 1 N–H and O–H groups in total. The monoisotopic (exact) mass is 265 g/mol. The van der Waals surface area contributed by atoms with E-state index in [-0.39, 0.29) is 0 Å². The van der Waals surface area contributed by atoms with Gasteiger partial charge in [-0.05, 0) is 37.8 Å². The van der Waals surface area contributed by atoms with Gasteiger partial charge in [-0.25, -0.2) is 0 Å². The summed E-state index contributed by atoms with van der Waals surface area (Å²) in [4.78, 5) is 0. The van der Waals surface area contributed by atoms with Crippen molar-refractivity contribution in [2.75, 3.05) is 6.54 Å². The normalized spacial score (nSPS) is 11.5. The number of aromatic nitrogens is 2. The van der Waals surface area contributed by atoms with Crippen LogP contribution in [0.4, 0.5) is 0 Å². The maximum atomic E-state index is 4.82. The van der Waals surface area contributed by atoms with Crippen LogP contribution in [0.5, 0.6) is 0 Å². The first-order valence-electron chi connectivity index (χ1n) is 7.94. The summed E-state index contributed by atoms with van der Waals surface area (Å²) in [5.74, 6) is 0. The van der Waals surface area contributed by atoms with Crippen LogP contribution in [0.25, 0.3) is 0 Å². The Labute approximate surface area is 118 Å². The van der Waals surface area contributed by atoms with Crippen LogP contribution in [-0.4, -0.2) is 22.4 Å². The van der Waals surface area contributed by atoms with Crippen molar-refractivity contribution in [2.24, 2.45) is 0 Å². The lowest BCUT2D eigenvalue weighted by atomic mass is 10.1. The molecule has 0 saturated heterocycles. The van der Waals surface area contributed by atoms with Gasteiger partial charge in [0, 0.05) is 18.3 Å². The van der Waals surface area contributed by atoms with Crippen molar-refractivity contribution in [3.8, 4) is 0 Å². The fraction of sp³-hybridized carbons (Fsp3) is 0.812. The molecule has 0 aliphatic rings. The van der Waals surface area contributed by atoms with Crippen LogP contribution in [0.1, 0.15) is 64.4 Å². The van der Waals surface area contributed by atoms with E-state index in [0.29, 0.717) is 6.04 Å². The second-order valence-electron chi connectivity index (χ2n) is 5.51. The van der Waals surface area contributed by atoms with E-state index >= 15 is 0 Å². The first-order valence-corrected chi connectivity index (χ1v) is 7.94. The maximum absolute atomic E-state index is 4.82. The molecule has 0 radical (unpaired) electrons. The molecule has 0 aliphatic carbocycles. The Balaban J connectivity index is 2.83. The van der Waals surface area contributed by atoms with Gasteiger partial charge in [-0.3, -0.25) is 4.68 Å². The SMILES string of the molecule is CCCCn1nc(CC)c(CCNC(C)C)c1CC. The van der Waals surface area contributed by atoms with E-state index in [1.54, 1.807) is 0 Å². The van der Waals surface area contributed by atoms with E-state index in [9.17, 15) is 0 Å². The topological polar surface area (TPSA) is 29.9 Å². The van der Waals surface area contributed by atoms with Crippen molar-refractivity contribution < 1.29 is 0 Å². The fourth-order valence-electron chi connectivity index (χ4n) is 2.54. The maximum Gasteiger partial charge on any atom is 0.0657 e. The van der Waals surface area contributed by atoms with Crippen LogP contribution in [0.15, 0.2) is 0 Å². The molecule has 0 unspecified atom stereocenters. The lowest BCUT2D eigenvalue weighted by Gasteiger charge is -2.10. The molecule has 1 rings (SSSR count). The highest BCUT2D eigenvalue weighted by molar-refractivity contribution is 5.27. The average molecular weight is 265 g/mol. The largest absolute Gasteiger partial charge is 0.314 e. The van der Waals surface area contributed by atoms with E-state index < -0.39 is 0 Å². The van der Waals surface area contributed by atoms with E-state index in [1.807, 2.05) is 0 Å². The van der Waals surface area contributed by atoms with Gasteiger partial charge in [-0.1, -0.05) is 41.0 Å². The van der Waals surface area contributed by atoms with Crippen LogP contribution in [-0.2, 0) is 25.8 Å². The number of hydrogen-bond donors (Lipinski definition) is 1. The van der Waals surface area contributed by atoms with Crippen LogP contribution in [0.3, 0.4) is 0 Å². The molecule has 0 fully saturated rings. The quantitative estimate of drug-likeness (QED) is 0.742. The van der Waals surface area contributed by atoms with E-state index in [4.69, 9.17) is 5.10 Å². The molecule has 0 saturated carbocycles. The second-order valence-corrected chi connectivity index (χ2v) is 5.51. The average Bonchev–Trinajstić information content (AvgIpc) is 2.73. The molecule has 1 heterocycles. The van der Waals surface area contributed by atoms with E-state index in [0.717, 1.165) is 32.4 Å². The molecular weight excluding hydrogens is 234 g/mol. The number of unbranched alkanes of at least 4 members (excludes halogenated alkanes) is 1. The van der Waals surface area contributed by atoms with Gasteiger partial charge in [0.1, 0.15) is 0 Å². The van der Waals surface area contributed by atoms with Crippen molar-refractivity contribution in [2.45, 2.75) is 79.3 Å². The molecule has 0 bridgehead atoms. The van der Waals surface area contributed by atoms with Crippen LogP contribution in [0.2, 0.25) is 0 Å². The van der Waals surface area contributed by atoms with E-state index in [2.05, 4.69) is 44.6 Å². The van der Waals surface area contributed by atoms with Crippen molar-refractivity contribution in [1.82, 2.24) is 15.1 Å². The van der Waals surface area contributed by atoms with Crippen molar-refractivity contribution in [3.05, 3.63) is 17.0 Å². The third-order valence-electron chi connectivity index (χ3n) is 3.57. The number of nitrogens with zero attached hydrogens (tertiary/aromatic N) is 2. The Morgan fingerprint density at radius 2 is 1.89 bits per heavy atom. The lowest BCUT2D eigenvalue weighted by molar-refractivity contribution is 0.544. The summed E-state index contributed by atoms with van der Waals surface area (Å²) < 4.78 is 2.26. The summed E-state index contributed by atoms with van der Waals surface area (Å²) in [5, 5.41) is 8.34. The Kier molecular flexibility index (Phi) is 7.14. The van der Waals surface area contributed by atoms with Gasteiger partial charge >= 0.3 is 0 Å². The second kappa shape index (κ2) is 8.36. The van der Waals surface area contributed by atoms with Gasteiger partial charge in [-0.15, -0.1) is 0 Å². The lowest BCUT2D eigenvalue weighted by Crippen LogP contribution is -2.25. The van der Waals surface area contributed by atoms with Crippen LogP contribution in [0, 0.1) is 0 Å². The minimum Gasteiger partial charge on any atom is -0.314 e. The molecule has 1 aromatic heterocycles. The van der Waals surface area contributed by atoms with Crippen LogP contribution < -0.4 is 5.32 Å². The van der Waals surface area contributed by atoms with Crippen LogP contribution >= 0.6 is 0 Å². The molecule has 3 nitrogen and oxygen atoms in total. The molecule has 0 aliphatic heterocycles. The molecule has 0 amide bonds. The van der Waals surface area contributed by atoms with Gasteiger partial charge < -0.3 is 5.32 Å². The Hall–Kier alpha value is -0.830. The van der Waals surface area contributed by atoms with Crippen molar-refractivity contribution in [3.63, 3.8) is 0 Å². The summed E-state index contributed by atoms with van der Waals surface area (Å²) >= 11 is 0. The number of rotatable bonds is 9. The Bertz CT molecular complexity index is 366. The molecule has 19 heavy (non-hydrogen) atoms. The van der Waals surface area contributed by atoms with E-state index in [1.165, 1.54) is 29.8 Å². The predicted octanol–water partition coefficient (Wildman–Crippen LogP) is 3.35. The summed E-state index contributed by atoms with van der Waals surface area (Å²) in [6.07, 6.45) is 5.70. The zero-order valence-electron chi connectivity index (χ0n) is 13.4. The summed E-state index contributed by atoms with van der Waals surface area (Å²) in [5.41, 5.74) is 4.25. The third kappa shape index (κ3) is 4.64. The highest BCUT2D eigenvalue weighted by Crippen LogP contribution is 2.17. The Morgan fingerprint density at radius 3 is 2.42 bits per heavy atom. The Morgan fingerprint density at radius 1 is 1.16 bits per heavy atom. The number of nitrogens with one attached hydrogen (secondary N) is 1. The third-order valence-corrected chi connectivity index (χ3v) is 3.57. The zero-order valence-corrected chi connectivity index (χ0v) is 13.4. The van der Waals surface area contributed by atoms with Gasteiger partial charge in [0.25, 0.3) is 0 Å². The van der Waals surface area contributed by atoms with Crippen molar-refractivity contribution in [1.29, 1.82) is 0 Å². The highest BCUT2D eigenvalue weighted by atomic mass is 15.3. The van der Waals surface area contributed by atoms with Gasteiger partial charge in [0.05, 0.1) is 5.69 Å². The summed E-state index contributed by atoms with van der Waals surface area (Å²) in [6.45, 7) is 13.2. The van der Waals surface area contributed by atoms with Gasteiger partial charge in [-0.2, -0.15) is 5.10 Å². The smallest absolute Gasteiger partial charge is 0.0657 e. The first-order chi connectivity index (χ1) is 9.13. The van der Waals surface area contributed by atoms with Gasteiger partial charge in [0.15, 0.2) is 0 Å². The molecule has 3 heteroatoms. The number of aryl methyl sites for hydroxylation is 2. The number of hydrogen-bond acceptors (Lipinski definition) is 2. The molecule has 0 spiro atoms. The zero-order chi connectivity index (χ0) is 14.3. The molecule has 0 atom stereocenters. The standard InChI is InChI=1S/C16H31N3/c1-6-9-12-19-16(8-3)14(15(7-2)18-19)10-11-17-13(4)5/h13,17H,6-12H2,1-5H3. The molecule has 0 aromatic carbocycles. The summed E-state index contributed by atoms with van der Waals surface area (Å²) in [6, 6.07) is 0.560. The molecule has 110 valence electrons. The highest BCUT2D eigenvalue weighted by Gasteiger charge is 2.14. The molecular formula is C16H31N3. The minimum absolute atomic E-state index is 0.560. The van der Waals surface area contributed by atoms with Crippen molar-refractivity contribution >= 4 is 0 Å².